The van der Waals surface area contributed by atoms with E-state index in [-0.39, 0.29) is 16.8 Å². The number of amides is 1. The number of anilines is 1. The molecule has 0 aliphatic carbocycles. The first-order valence-electron chi connectivity index (χ1n) is 7.79. The Bertz CT molecular complexity index is 990. The molecule has 6 heteroatoms. The van der Waals surface area contributed by atoms with Crippen molar-refractivity contribution in [2.75, 3.05) is 11.9 Å². The Hall–Kier alpha value is -3.15. The van der Waals surface area contributed by atoms with E-state index in [9.17, 15) is 14.0 Å². The molecule has 1 heterocycles. The van der Waals surface area contributed by atoms with E-state index in [1.54, 1.807) is 18.7 Å². The van der Waals surface area contributed by atoms with Gasteiger partial charge in [-0.1, -0.05) is 24.3 Å². The molecule has 2 aromatic carbocycles. The number of para-hydroxylation sites is 1. The lowest BCUT2D eigenvalue weighted by Crippen LogP contribution is -2.31. The van der Waals surface area contributed by atoms with Gasteiger partial charge in [-0.3, -0.25) is 14.3 Å². The molecule has 0 bridgehead atoms. The Balaban J connectivity index is 2.09. The van der Waals surface area contributed by atoms with Crippen LogP contribution in [0.1, 0.15) is 16.1 Å². The maximum absolute atomic E-state index is 13.4. The number of hydrogen-bond donors (Lipinski definition) is 0. The molecule has 0 aliphatic rings. The summed E-state index contributed by atoms with van der Waals surface area (Å²) < 4.78 is 16.6. The number of aromatic nitrogens is 2. The summed E-state index contributed by atoms with van der Waals surface area (Å²) in [6.45, 7) is 1.77. The zero-order chi connectivity index (χ0) is 18.1. The SMILES string of the molecule is Cc1c(N(C)C(=O)c2cccc(F)c2)c(=O)n(-c2ccccc2)n1C. The minimum absolute atomic E-state index is 0.191. The van der Waals surface area contributed by atoms with Crippen LogP contribution in [0.4, 0.5) is 10.1 Å². The predicted octanol–water partition coefficient (Wildman–Crippen LogP) is 2.90. The Labute approximate surface area is 144 Å². The van der Waals surface area contributed by atoms with Crippen LogP contribution in [0.3, 0.4) is 0 Å². The van der Waals surface area contributed by atoms with E-state index in [0.29, 0.717) is 11.4 Å². The molecule has 0 aliphatic heterocycles. The summed E-state index contributed by atoms with van der Waals surface area (Å²) in [6, 6.07) is 14.6. The van der Waals surface area contributed by atoms with E-state index in [2.05, 4.69) is 0 Å². The summed E-state index contributed by atoms with van der Waals surface area (Å²) in [7, 11) is 3.28. The normalized spacial score (nSPS) is 10.7. The van der Waals surface area contributed by atoms with Gasteiger partial charge >= 0.3 is 0 Å². The van der Waals surface area contributed by atoms with Crippen molar-refractivity contribution in [2.45, 2.75) is 6.92 Å². The van der Waals surface area contributed by atoms with Gasteiger partial charge < -0.3 is 4.90 Å². The molecule has 0 fully saturated rings. The van der Waals surface area contributed by atoms with E-state index in [4.69, 9.17) is 0 Å². The largest absolute Gasteiger partial charge is 0.305 e. The number of hydrogen-bond acceptors (Lipinski definition) is 2. The Morgan fingerprint density at radius 2 is 1.76 bits per heavy atom. The van der Waals surface area contributed by atoms with Crippen molar-refractivity contribution in [2.24, 2.45) is 7.05 Å². The van der Waals surface area contributed by atoms with Crippen molar-refractivity contribution < 1.29 is 9.18 Å². The molecule has 0 atom stereocenters. The molecule has 0 unspecified atom stereocenters. The number of halogens is 1. The average molecular weight is 339 g/mol. The van der Waals surface area contributed by atoms with Crippen molar-refractivity contribution in [1.29, 1.82) is 0 Å². The molecule has 5 nitrogen and oxygen atoms in total. The van der Waals surface area contributed by atoms with Crippen molar-refractivity contribution in [3.63, 3.8) is 0 Å². The third-order valence-electron chi connectivity index (χ3n) is 4.24. The van der Waals surface area contributed by atoms with Gasteiger partial charge in [-0.2, -0.15) is 0 Å². The van der Waals surface area contributed by atoms with Crippen molar-refractivity contribution in [3.05, 3.63) is 82.0 Å². The Kier molecular flexibility index (Phi) is 4.27. The molecule has 128 valence electrons. The van der Waals surface area contributed by atoms with E-state index in [1.165, 1.54) is 34.8 Å². The van der Waals surface area contributed by atoms with E-state index in [1.807, 2.05) is 30.3 Å². The minimum Gasteiger partial charge on any atom is -0.305 e. The molecule has 0 saturated heterocycles. The first kappa shape index (κ1) is 16.7. The van der Waals surface area contributed by atoms with Crippen LogP contribution in [0.25, 0.3) is 5.69 Å². The molecule has 0 radical (unpaired) electrons. The fraction of sp³-hybridized carbons (Fsp3) is 0.158. The molecule has 3 rings (SSSR count). The van der Waals surface area contributed by atoms with Gasteiger partial charge in [0, 0.05) is 19.7 Å². The fourth-order valence-electron chi connectivity index (χ4n) is 2.86. The molecule has 25 heavy (non-hydrogen) atoms. The van der Waals surface area contributed by atoms with Gasteiger partial charge in [0.05, 0.1) is 11.4 Å². The summed E-state index contributed by atoms with van der Waals surface area (Å²) in [6.07, 6.45) is 0. The maximum Gasteiger partial charge on any atom is 0.295 e. The van der Waals surface area contributed by atoms with Crippen LogP contribution in [-0.2, 0) is 7.05 Å². The van der Waals surface area contributed by atoms with Gasteiger partial charge in [-0.25, -0.2) is 9.07 Å². The molecule has 1 amide bonds. The highest BCUT2D eigenvalue weighted by atomic mass is 19.1. The van der Waals surface area contributed by atoms with Crippen molar-refractivity contribution in [3.8, 4) is 5.69 Å². The number of carbonyl (C=O) groups excluding carboxylic acids is 1. The van der Waals surface area contributed by atoms with Gasteiger partial charge in [-0.05, 0) is 37.3 Å². The van der Waals surface area contributed by atoms with Gasteiger partial charge in [-0.15, -0.1) is 0 Å². The van der Waals surface area contributed by atoms with Crippen molar-refractivity contribution >= 4 is 11.6 Å². The van der Waals surface area contributed by atoms with Crippen LogP contribution in [-0.4, -0.2) is 22.3 Å². The minimum atomic E-state index is -0.495. The van der Waals surface area contributed by atoms with E-state index < -0.39 is 11.7 Å². The summed E-state index contributed by atoms with van der Waals surface area (Å²) in [5.41, 5.74) is 1.49. The molecular weight excluding hydrogens is 321 g/mol. The molecule has 0 N–H and O–H groups in total. The number of nitrogens with zero attached hydrogens (tertiary/aromatic N) is 3. The van der Waals surface area contributed by atoms with Gasteiger partial charge in [0.25, 0.3) is 11.5 Å². The number of carbonyl (C=O) groups is 1. The molecule has 0 saturated carbocycles. The second-order valence-corrected chi connectivity index (χ2v) is 5.78. The Morgan fingerprint density at radius 1 is 1.08 bits per heavy atom. The lowest BCUT2D eigenvalue weighted by molar-refractivity contribution is 0.0992. The fourth-order valence-corrected chi connectivity index (χ4v) is 2.86. The van der Waals surface area contributed by atoms with E-state index in [0.717, 1.165) is 6.07 Å². The third-order valence-corrected chi connectivity index (χ3v) is 4.24. The second kappa shape index (κ2) is 6.39. The van der Waals surface area contributed by atoms with Crippen LogP contribution in [0, 0.1) is 12.7 Å². The van der Waals surface area contributed by atoms with Crippen LogP contribution >= 0.6 is 0 Å². The molecule has 0 spiro atoms. The molecular formula is C19H18FN3O2. The number of rotatable bonds is 3. The topological polar surface area (TPSA) is 47.2 Å². The first-order valence-corrected chi connectivity index (χ1v) is 7.79. The standard InChI is InChI=1S/C19H18FN3O2/c1-13-17(21(2)18(24)14-8-7-9-15(20)12-14)19(25)23(22(13)3)16-10-5-4-6-11-16/h4-12H,1-3H3. The molecule has 3 aromatic rings. The third kappa shape index (κ3) is 2.87. The summed E-state index contributed by atoms with van der Waals surface area (Å²) in [4.78, 5) is 26.9. The lowest BCUT2D eigenvalue weighted by atomic mass is 10.2. The average Bonchev–Trinajstić information content (AvgIpc) is 2.83. The van der Waals surface area contributed by atoms with Gasteiger partial charge in [0.2, 0.25) is 0 Å². The van der Waals surface area contributed by atoms with Crippen LogP contribution in [0.5, 0.6) is 0 Å². The monoisotopic (exact) mass is 339 g/mol. The predicted molar refractivity (Wildman–Crippen MR) is 94.9 cm³/mol. The zero-order valence-corrected chi connectivity index (χ0v) is 14.2. The molecule has 1 aromatic heterocycles. The highest BCUT2D eigenvalue weighted by molar-refractivity contribution is 6.05. The van der Waals surface area contributed by atoms with E-state index >= 15 is 0 Å². The Morgan fingerprint density at radius 3 is 2.40 bits per heavy atom. The van der Waals surface area contributed by atoms with Crippen LogP contribution in [0.2, 0.25) is 0 Å². The highest BCUT2D eigenvalue weighted by Gasteiger charge is 2.24. The summed E-state index contributed by atoms with van der Waals surface area (Å²) in [5.74, 6) is -0.934. The zero-order valence-electron chi connectivity index (χ0n) is 14.2. The summed E-state index contributed by atoms with van der Waals surface area (Å²) in [5, 5.41) is 0. The lowest BCUT2D eigenvalue weighted by Gasteiger charge is -2.15. The van der Waals surface area contributed by atoms with Crippen LogP contribution in [0.15, 0.2) is 59.4 Å². The van der Waals surface area contributed by atoms with Crippen molar-refractivity contribution in [1.82, 2.24) is 9.36 Å². The first-order chi connectivity index (χ1) is 11.9. The highest BCUT2D eigenvalue weighted by Crippen LogP contribution is 2.19. The quantitative estimate of drug-likeness (QED) is 0.737. The number of benzene rings is 2. The summed E-state index contributed by atoms with van der Waals surface area (Å²) >= 11 is 0. The van der Waals surface area contributed by atoms with Crippen LogP contribution < -0.4 is 10.5 Å². The maximum atomic E-state index is 13.4. The van der Waals surface area contributed by atoms with Gasteiger partial charge in [0.1, 0.15) is 11.5 Å². The van der Waals surface area contributed by atoms with Gasteiger partial charge in [0.15, 0.2) is 0 Å². The second-order valence-electron chi connectivity index (χ2n) is 5.78. The smallest absolute Gasteiger partial charge is 0.295 e.